The van der Waals surface area contributed by atoms with Gasteiger partial charge in [-0.1, -0.05) is 65.7 Å². The highest BCUT2D eigenvalue weighted by atomic mass is 32.2. The van der Waals surface area contributed by atoms with Crippen molar-refractivity contribution in [3.63, 3.8) is 0 Å². The summed E-state index contributed by atoms with van der Waals surface area (Å²) in [6, 6.07) is 20.9. The van der Waals surface area contributed by atoms with Crippen LogP contribution < -0.4 is 9.44 Å². The molecule has 2 amide bonds. The molecule has 3 rings (SSSR count). The summed E-state index contributed by atoms with van der Waals surface area (Å²) < 4.78 is 69.1. The SMILES string of the molecule is Cc1ccc(S(=O)(=O)NC(=O)OC/C=C/C(COCc2ccccc2)OC(=O)NS(=O)(=O)c2ccc(C)cc2)cc1. The molecule has 0 aromatic heterocycles. The van der Waals surface area contributed by atoms with Crippen molar-refractivity contribution in [1.29, 1.82) is 0 Å². The lowest BCUT2D eigenvalue weighted by atomic mass is 10.2. The van der Waals surface area contributed by atoms with Gasteiger partial charge in [0.25, 0.3) is 20.0 Å². The predicted octanol–water partition coefficient (Wildman–Crippen LogP) is 3.98. The Balaban J connectivity index is 1.58. The van der Waals surface area contributed by atoms with Gasteiger partial charge in [0.15, 0.2) is 0 Å². The molecule has 0 aliphatic heterocycles. The van der Waals surface area contributed by atoms with Gasteiger partial charge in [-0.3, -0.25) is 0 Å². The van der Waals surface area contributed by atoms with Crippen molar-refractivity contribution in [2.24, 2.45) is 0 Å². The van der Waals surface area contributed by atoms with Crippen LogP contribution in [0.3, 0.4) is 0 Å². The van der Waals surface area contributed by atoms with Crippen LogP contribution in [0.25, 0.3) is 0 Å². The van der Waals surface area contributed by atoms with Crippen LogP contribution in [0.15, 0.2) is 101 Å². The van der Waals surface area contributed by atoms with Crippen molar-refractivity contribution in [2.75, 3.05) is 13.2 Å². The van der Waals surface area contributed by atoms with E-state index in [2.05, 4.69) is 0 Å². The Kier molecular flexibility index (Phi) is 11.0. The second-order valence-corrected chi connectivity index (χ2v) is 12.2. The van der Waals surface area contributed by atoms with E-state index in [1.807, 2.05) is 35.1 Å². The summed E-state index contributed by atoms with van der Waals surface area (Å²) in [5, 5.41) is 0. The number of hydrogen-bond acceptors (Lipinski definition) is 9. The summed E-state index contributed by atoms with van der Waals surface area (Å²) in [7, 11) is -8.32. The maximum atomic E-state index is 12.5. The molecular weight excluding hydrogens is 572 g/mol. The van der Waals surface area contributed by atoms with E-state index < -0.39 is 38.3 Å². The Morgan fingerprint density at radius 2 is 1.27 bits per heavy atom. The van der Waals surface area contributed by atoms with E-state index in [0.717, 1.165) is 16.7 Å². The number of carbonyl (C=O) groups is 2. The zero-order chi connectivity index (χ0) is 29.9. The van der Waals surface area contributed by atoms with Crippen molar-refractivity contribution < 1.29 is 40.6 Å². The highest BCUT2D eigenvalue weighted by molar-refractivity contribution is 7.90. The van der Waals surface area contributed by atoms with Crippen molar-refractivity contribution in [1.82, 2.24) is 9.44 Å². The molecular formula is C28H30N2O9S2. The van der Waals surface area contributed by atoms with E-state index >= 15 is 0 Å². The number of benzene rings is 3. The van der Waals surface area contributed by atoms with Crippen LogP contribution in [0.2, 0.25) is 0 Å². The van der Waals surface area contributed by atoms with Crippen LogP contribution in [-0.4, -0.2) is 48.3 Å². The monoisotopic (exact) mass is 602 g/mol. The van der Waals surface area contributed by atoms with Gasteiger partial charge in [0, 0.05) is 0 Å². The van der Waals surface area contributed by atoms with Crippen LogP contribution in [0.4, 0.5) is 9.59 Å². The van der Waals surface area contributed by atoms with Crippen LogP contribution in [0, 0.1) is 13.8 Å². The molecule has 11 nitrogen and oxygen atoms in total. The van der Waals surface area contributed by atoms with Crippen LogP contribution in [0.1, 0.15) is 16.7 Å². The number of rotatable bonds is 12. The molecule has 0 aliphatic rings. The maximum absolute atomic E-state index is 12.5. The predicted molar refractivity (Wildman–Crippen MR) is 150 cm³/mol. The molecule has 3 aromatic rings. The fourth-order valence-electron chi connectivity index (χ4n) is 3.29. The van der Waals surface area contributed by atoms with Crippen molar-refractivity contribution in [2.45, 2.75) is 36.3 Å². The molecule has 218 valence electrons. The Labute approximate surface area is 239 Å². The van der Waals surface area contributed by atoms with Gasteiger partial charge in [0.05, 0.1) is 23.0 Å². The first kappa shape index (κ1) is 31.3. The summed E-state index contributed by atoms with van der Waals surface area (Å²) in [4.78, 5) is 24.2. The van der Waals surface area contributed by atoms with Gasteiger partial charge < -0.3 is 14.2 Å². The average Bonchev–Trinajstić information content (AvgIpc) is 2.91. The van der Waals surface area contributed by atoms with E-state index in [1.54, 1.807) is 42.8 Å². The zero-order valence-electron chi connectivity index (χ0n) is 22.3. The molecule has 2 N–H and O–H groups in total. The third-order valence-electron chi connectivity index (χ3n) is 5.41. The van der Waals surface area contributed by atoms with E-state index in [1.165, 1.54) is 36.4 Å². The Hall–Kier alpha value is -4.20. The minimum Gasteiger partial charge on any atom is -0.445 e. The van der Waals surface area contributed by atoms with Gasteiger partial charge in [-0.15, -0.1) is 0 Å². The second-order valence-electron chi connectivity index (χ2n) is 8.81. The molecule has 0 aliphatic carbocycles. The first-order chi connectivity index (χ1) is 19.4. The van der Waals surface area contributed by atoms with E-state index in [4.69, 9.17) is 14.2 Å². The van der Waals surface area contributed by atoms with Gasteiger partial charge in [-0.25, -0.2) is 35.9 Å². The van der Waals surface area contributed by atoms with Crippen molar-refractivity contribution in [3.8, 4) is 0 Å². The molecule has 0 bridgehead atoms. The van der Waals surface area contributed by atoms with Gasteiger partial charge in [-0.05, 0) is 55.8 Å². The Morgan fingerprint density at radius 3 is 1.80 bits per heavy atom. The lowest BCUT2D eigenvalue weighted by molar-refractivity contribution is 0.0357. The molecule has 0 spiro atoms. The number of aryl methyl sites for hydroxylation is 2. The molecule has 0 saturated heterocycles. The summed E-state index contributed by atoms with van der Waals surface area (Å²) in [5.74, 6) is 0. The van der Waals surface area contributed by atoms with Crippen LogP contribution in [0.5, 0.6) is 0 Å². The van der Waals surface area contributed by atoms with Crippen molar-refractivity contribution >= 4 is 32.2 Å². The average molecular weight is 603 g/mol. The number of amides is 2. The number of ether oxygens (including phenoxy) is 3. The lowest BCUT2D eigenvalue weighted by Crippen LogP contribution is -2.35. The molecule has 13 heteroatoms. The van der Waals surface area contributed by atoms with E-state index in [0.29, 0.717) is 0 Å². The third kappa shape index (κ3) is 10.4. The third-order valence-corrected chi connectivity index (χ3v) is 8.07. The summed E-state index contributed by atoms with van der Waals surface area (Å²) in [5.41, 5.74) is 2.55. The molecule has 41 heavy (non-hydrogen) atoms. The van der Waals surface area contributed by atoms with Crippen LogP contribution in [-0.2, 0) is 40.9 Å². The highest BCUT2D eigenvalue weighted by Gasteiger charge is 2.21. The normalized spacial score (nSPS) is 12.4. The molecule has 0 heterocycles. The fourth-order valence-corrected chi connectivity index (χ4v) is 5.06. The minimum absolute atomic E-state index is 0.105. The standard InChI is InChI=1S/C28H30N2O9S2/c1-21-10-14-25(15-11-21)40(33,34)29-27(31)38-18-6-9-24(20-37-19-23-7-4-3-5-8-23)39-28(32)30-41(35,36)26-16-12-22(2)13-17-26/h3-17,24H,18-20H2,1-2H3,(H,29,31)(H,30,32)/b9-6+. The number of sulfonamides is 2. The summed E-state index contributed by atoms with van der Waals surface area (Å²) >= 11 is 0. The maximum Gasteiger partial charge on any atom is 0.421 e. The number of nitrogens with one attached hydrogen (secondary N) is 2. The summed E-state index contributed by atoms with van der Waals surface area (Å²) in [6.45, 7) is 3.24. The molecule has 1 atom stereocenters. The first-order valence-electron chi connectivity index (χ1n) is 12.3. The van der Waals surface area contributed by atoms with Gasteiger partial charge in [-0.2, -0.15) is 0 Å². The van der Waals surface area contributed by atoms with Gasteiger partial charge >= 0.3 is 12.2 Å². The number of hydrogen-bond donors (Lipinski definition) is 2. The molecule has 0 radical (unpaired) electrons. The van der Waals surface area contributed by atoms with E-state index in [-0.39, 0.29) is 29.6 Å². The molecule has 1 unspecified atom stereocenters. The number of carbonyl (C=O) groups excluding carboxylic acids is 2. The summed E-state index contributed by atoms with van der Waals surface area (Å²) in [6.07, 6.45) is -0.905. The minimum atomic E-state index is -4.19. The molecule has 3 aromatic carbocycles. The molecule has 0 fully saturated rings. The first-order valence-corrected chi connectivity index (χ1v) is 15.3. The van der Waals surface area contributed by atoms with E-state index in [9.17, 15) is 26.4 Å². The lowest BCUT2D eigenvalue weighted by Gasteiger charge is -2.16. The molecule has 0 saturated carbocycles. The topological polar surface area (TPSA) is 154 Å². The van der Waals surface area contributed by atoms with Crippen molar-refractivity contribution in [3.05, 3.63) is 108 Å². The smallest absolute Gasteiger partial charge is 0.421 e. The largest absolute Gasteiger partial charge is 0.445 e. The van der Waals surface area contributed by atoms with Gasteiger partial charge in [0.2, 0.25) is 0 Å². The highest BCUT2D eigenvalue weighted by Crippen LogP contribution is 2.12. The van der Waals surface area contributed by atoms with Crippen LogP contribution >= 0.6 is 0 Å². The Morgan fingerprint density at radius 1 is 0.756 bits per heavy atom. The fraction of sp³-hybridized carbons (Fsp3) is 0.214. The quantitative estimate of drug-likeness (QED) is 0.293. The van der Waals surface area contributed by atoms with Gasteiger partial charge in [0.1, 0.15) is 12.7 Å². The second kappa shape index (κ2) is 14.4. The Bertz CT molecular complexity index is 1550. The zero-order valence-corrected chi connectivity index (χ0v) is 24.0.